The molecule has 1 aliphatic rings. The van der Waals surface area contributed by atoms with Gasteiger partial charge in [-0.05, 0) is 51.4 Å². The van der Waals surface area contributed by atoms with Crippen molar-refractivity contribution in [1.29, 1.82) is 0 Å². The standard InChI is InChI=1S/C18H31N3/c1-3-18(8-9-19)21-11-5-10-20(12-13-21)15-17-7-4-6-16(2)14-17/h4,6-7,14,18H,3,5,8-13,15,19H2,1-2H3. The van der Waals surface area contributed by atoms with Gasteiger partial charge in [0.05, 0.1) is 0 Å². The molecule has 0 spiro atoms. The molecule has 1 aromatic rings. The highest BCUT2D eigenvalue weighted by molar-refractivity contribution is 5.22. The second-order valence-corrected chi connectivity index (χ2v) is 6.29. The van der Waals surface area contributed by atoms with E-state index in [1.807, 2.05) is 0 Å². The molecule has 0 amide bonds. The summed E-state index contributed by atoms with van der Waals surface area (Å²) in [5, 5.41) is 0. The van der Waals surface area contributed by atoms with Gasteiger partial charge in [0.2, 0.25) is 0 Å². The Balaban J connectivity index is 1.88. The highest BCUT2D eigenvalue weighted by atomic mass is 15.2. The fourth-order valence-corrected chi connectivity index (χ4v) is 3.42. The first-order valence-electron chi connectivity index (χ1n) is 8.45. The van der Waals surface area contributed by atoms with Crippen LogP contribution in [0.25, 0.3) is 0 Å². The van der Waals surface area contributed by atoms with Gasteiger partial charge in [-0.1, -0.05) is 36.8 Å². The predicted molar refractivity (Wildman–Crippen MR) is 90.4 cm³/mol. The van der Waals surface area contributed by atoms with Crippen LogP contribution in [0.1, 0.15) is 37.3 Å². The maximum absolute atomic E-state index is 5.76. The average molecular weight is 289 g/mol. The summed E-state index contributed by atoms with van der Waals surface area (Å²) in [4.78, 5) is 5.26. The lowest BCUT2D eigenvalue weighted by Gasteiger charge is -2.29. The van der Waals surface area contributed by atoms with Crippen molar-refractivity contribution in [2.45, 2.75) is 45.7 Å². The Morgan fingerprint density at radius 2 is 2.05 bits per heavy atom. The highest BCUT2D eigenvalue weighted by Crippen LogP contribution is 2.14. The smallest absolute Gasteiger partial charge is 0.0234 e. The SMILES string of the molecule is CCC(CCN)N1CCCN(Cc2cccc(C)c2)CC1. The molecule has 2 N–H and O–H groups in total. The first-order chi connectivity index (χ1) is 10.2. The van der Waals surface area contributed by atoms with E-state index in [2.05, 4.69) is 47.9 Å². The third-order valence-corrected chi connectivity index (χ3v) is 4.60. The molecule has 1 heterocycles. The quantitative estimate of drug-likeness (QED) is 0.874. The molecule has 0 saturated carbocycles. The van der Waals surface area contributed by atoms with Crippen molar-refractivity contribution in [1.82, 2.24) is 9.80 Å². The Morgan fingerprint density at radius 1 is 1.19 bits per heavy atom. The van der Waals surface area contributed by atoms with E-state index in [-0.39, 0.29) is 0 Å². The van der Waals surface area contributed by atoms with Crippen LogP contribution in [0.5, 0.6) is 0 Å². The Kier molecular flexibility index (Phi) is 6.68. The molecule has 1 aliphatic heterocycles. The van der Waals surface area contributed by atoms with E-state index in [9.17, 15) is 0 Å². The Labute approximate surface area is 130 Å². The fourth-order valence-electron chi connectivity index (χ4n) is 3.42. The molecule has 3 nitrogen and oxygen atoms in total. The van der Waals surface area contributed by atoms with E-state index >= 15 is 0 Å². The van der Waals surface area contributed by atoms with Crippen LogP contribution in [0.3, 0.4) is 0 Å². The summed E-state index contributed by atoms with van der Waals surface area (Å²) < 4.78 is 0. The van der Waals surface area contributed by atoms with E-state index in [4.69, 9.17) is 5.73 Å². The zero-order valence-corrected chi connectivity index (χ0v) is 13.7. The normalized spacial score (nSPS) is 19.4. The van der Waals surface area contributed by atoms with Gasteiger partial charge < -0.3 is 5.73 Å². The third kappa shape index (κ3) is 5.10. The molecule has 0 aliphatic carbocycles. The minimum atomic E-state index is 0.675. The van der Waals surface area contributed by atoms with Crippen LogP contribution in [0, 0.1) is 6.92 Å². The van der Waals surface area contributed by atoms with E-state index in [0.29, 0.717) is 6.04 Å². The van der Waals surface area contributed by atoms with Crippen LogP contribution in [0.15, 0.2) is 24.3 Å². The van der Waals surface area contributed by atoms with Crippen molar-refractivity contribution in [2.75, 3.05) is 32.7 Å². The summed E-state index contributed by atoms with van der Waals surface area (Å²) in [6, 6.07) is 9.58. The van der Waals surface area contributed by atoms with Gasteiger partial charge in [-0.15, -0.1) is 0 Å². The summed E-state index contributed by atoms with van der Waals surface area (Å²) in [6.45, 7) is 11.2. The Morgan fingerprint density at radius 3 is 2.76 bits per heavy atom. The molecule has 21 heavy (non-hydrogen) atoms. The van der Waals surface area contributed by atoms with Crippen LogP contribution in [-0.2, 0) is 6.54 Å². The van der Waals surface area contributed by atoms with Gasteiger partial charge in [-0.3, -0.25) is 9.80 Å². The summed E-state index contributed by atoms with van der Waals surface area (Å²) >= 11 is 0. The number of nitrogens with zero attached hydrogens (tertiary/aromatic N) is 2. The topological polar surface area (TPSA) is 32.5 Å². The molecular formula is C18H31N3. The summed E-state index contributed by atoms with van der Waals surface area (Å²) in [7, 11) is 0. The molecule has 1 atom stereocenters. The average Bonchev–Trinajstić information content (AvgIpc) is 2.70. The molecular weight excluding hydrogens is 258 g/mol. The zero-order valence-electron chi connectivity index (χ0n) is 13.7. The van der Waals surface area contributed by atoms with Gasteiger partial charge in [-0.25, -0.2) is 0 Å². The monoisotopic (exact) mass is 289 g/mol. The van der Waals surface area contributed by atoms with Crippen LogP contribution in [0.4, 0.5) is 0 Å². The number of hydrogen-bond donors (Lipinski definition) is 1. The van der Waals surface area contributed by atoms with E-state index in [1.165, 1.54) is 50.1 Å². The molecule has 1 saturated heterocycles. The molecule has 1 aromatic carbocycles. The van der Waals surface area contributed by atoms with Crippen molar-refractivity contribution in [3.05, 3.63) is 35.4 Å². The number of rotatable bonds is 6. The summed E-state index contributed by atoms with van der Waals surface area (Å²) in [6.07, 6.45) is 3.62. The van der Waals surface area contributed by atoms with Gasteiger partial charge in [0, 0.05) is 25.7 Å². The lowest BCUT2D eigenvalue weighted by Crippen LogP contribution is -2.39. The Hall–Kier alpha value is -0.900. The largest absolute Gasteiger partial charge is 0.330 e. The van der Waals surface area contributed by atoms with E-state index in [0.717, 1.165) is 19.5 Å². The fraction of sp³-hybridized carbons (Fsp3) is 0.667. The van der Waals surface area contributed by atoms with Crippen molar-refractivity contribution in [3.63, 3.8) is 0 Å². The zero-order chi connectivity index (χ0) is 15.1. The highest BCUT2D eigenvalue weighted by Gasteiger charge is 2.20. The maximum Gasteiger partial charge on any atom is 0.0234 e. The molecule has 1 unspecified atom stereocenters. The number of aryl methyl sites for hydroxylation is 1. The maximum atomic E-state index is 5.76. The molecule has 0 bridgehead atoms. The Bertz CT molecular complexity index is 419. The molecule has 118 valence electrons. The van der Waals surface area contributed by atoms with Crippen LogP contribution in [-0.4, -0.2) is 48.6 Å². The van der Waals surface area contributed by atoms with Crippen molar-refractivity contribution >= 4 is 0 Å². The lowest BCUT2D eigenvalue weighted by atomic mass is 10.1. The van der Waals surface area contributed by atoms with Gasteiger partial charge in [0.15, 0.2) is 0 Å². The van der Waals surface area contributed by atoms with Crippen molar-refractivity contribution < 1.29 is 0 Å². The van der Waals surface area contributed by atoms with E-state index in [1.54, 1.807) is 0 Å². The van der Waals surface area contributed by atoms with E-state index < -0.39 is 0 Å². The van der Waals surface area contributed by atoms with Crippen LogP contribution >= 0.6 is 0 Å². The summed E-state index contributed by atoms with van der Waals surface area (Å²) in [5.74, 6) is 0. The van der Waals surface area contributed by atoms with Crippen molar-refractivity contribution in [3.8, 4) is 0 Å². The van der Waals surface area contributed by atoms with Crippen molar-refractivity contribution in [2.24, 2.45) is 5.73 Å². The predicted octanol–water partition coefficient (Wildman–Crippen LogP) is 2.63. The number of hydrogen-bond acceptors (Lipinski definition) is 3. The van der Waals surface area contributed by atoms with Gasteiger partial charge in [0.25, 0.3) is 0 Å². The van der Waals surface area contributed by atoms with Crippen LogP contribution < -0.4 is 5.73 Å². The molecule has 0 radical (unpaired) electrons. The molecule has 1 fully saturated rings. The third-order valence-electron chi connectivity index (χ3n) is 4.60. The first kappa shape index (κ1) is 16.5. The summed E-state index contributed by atoms with van der Waals surface area (Å²) in [5.41, 5.74) is 8.56. The van der Waals surface area contributed by atoms with Crippen LogP contribution in [0.2, 0.25) is 0 Å². The second kappa shape index (κ2) is 8.52. The molecule has 0 aromatic heterocycles. The lowest BCUT2D eigenvalue weighted by molar-refractivity contribution is 0.184. The van der Waals surface area contributed by atoms with Gasteiger partial charge in [0.1, 0.15) is 0 Å². The van der Waals surface area contributed by atoms with Gasteiger partial charge >= 0.3 is 0 Å². The second-order valence-electron chi connectivity index (χ2n) is 6.29. The first-order valence-corrected chi connectivity index (χ1v) is 8.45. The minimum Gasteiger partial charge on any atom is -0.330 e. The molecule has 2 rings (SSSR count). The minimum absolute atomic E-state index is 0.675. The number of benzene rings is 1. The molecule has 3 heteroatoms. The van der Waals surface area contributed by atoms with Gasteiger partial charge in [-0.2, -0.15) is 0 Å². The number of nitrogens with two attached hydrogens (primary N) is 1.